The van der Waals surface area contributed by atoms with E-state index in [1.165, 1.54) is 12.1 Å². The van der Waals surface area contributed by atoms with E-state index in [1.54, 1.807) is 18.2 Å². The lowest BCUT2D eigenvalue weighted by Gasteiger charge is -2.18. The van der Waals surface area contributed by atoms with Crippen LogP contribution in [-0.2, 0) is 14.8 Å². The molecule has 1 aromatic carbocycles. The number of hydrogen-bond acceptors (Lipinski definition) is 6. The molecule has 25 heavy (non-hydrogen) atoms. The molecular formula is C15H11Cl2NO5S2. The van der Waals surface area contributed by atoms with Crippen LogP contribution in [0.4, 0.5) is 0 Å². The summed E-state index contributed by atoms with van der Waals surface area (Å²) < 4.78 is 37.2. The molecule has 2 aromatic rings. The first-order valence-electron chi connectivity index (χ1n) is 6.94. The summed E-state index contributed by atoms with van der Waals surface area (Å²) in [6.07, 6.45) is 2.57. The smallest absolute Gasteiger partial charge is 0.266 e. The Kier molecular flexibility index (Phi) is 5.24. The molecule has 0 saturated carbocycles. The standard InChI is InChI=1S/C15H11Cl2NO5S2/c16-13-8-12(15(17)24-13)25(20,21)18-14(19)4-2-9-1-3-10-11(7-9)23-6-5-22-10/h1-4,7-8H,5-6H2,(H,18,19)/b4-2+. The molecular weight excluding hydrogens is 409 g/mol. The molecule has 10 heteroatoms. The molecule has 6 nitrogen and oxygen atoms in total. The highest BCUT2D eigenvalue weighted by Gasteiger charge is 2.22. The largest absolute Gasteiger partial charge is 0.486 e. The summed E-state index contributed by atoms with van der Waals surface area (Å²) >= 11 is 12.4. The number of halogens is 2. The van der Waals surface area contributed by atoms with E-state index in [0.717, 1.165) is 17.4 Å². The molecule has 0 radical (unpaired) electrons. The molecule has 1 aliphatic rings. The number of benzene rings is 1. The molecule has 0 fully saturated rings. The second kappa shape index (κ2) is 7.25. The third-order valence-corrected chi connectivity index (χ3v) is 6.24. The van der Waals surface area contributed by atoms with Gasteiger partial charge >= 0.3 is 0 Å². The average molecular weight is 420 g/mol. The average Bonchev–Trinajstić information content (AvgIpc) is 2.92. The van der Waals surface area contributed by atoms with Gasteiger partial charge in [0.1, 0.15) is 22.4 Å². The van der Waals surface area contributed by atoms with Crippen LogP contribution < -0.4 is 14.2 Å². The minimum absolute atomic E-state index is 0.0129. The van der Waals surface area contributed by atoms with Crippen molar-refractivity contribution in [3.63, 3.8) is 0 Å². The first-order chi connectivity index (χ1) is 11.8. The van der Waals surface area contributed by atoms with Crippen molar-refractivity contribution in [1.82, 2.24) is 4.72 Å². The van der Waals surface area contributed by atoms with E-state index in [4.69, 9.17) is 32.7 Å². The summed E-state index contributed by atoms with van der Waals surface area (Å²) in [6.45, 7) is 0.931. The number of thiophene rings is 1. The van der Waals surface area contributed by atoms with Gasteiger partial charge in [0.25, 0.3) is 15.9 Å². The number of ether oxygens (including phenoxy) is 2. The van der Waals surface area contributed by atoms with Gasteiger partial charge in [-0.2, -0.15) is 0 Å². The fraction of sp³-hybridized carbons (Fsp3) is 0.133. The maximum absolute atomic E-state index is 12.1. The Hall–Kier alpha value is -1.74. The van der Waals surface area contributed by atoms with Gasteiger partial charge in [0.05, 0.1) is 4.34 Å². The zero-order chi connectivity index (χ0) is 18.0. The van der Waals surface area contributed by atoms with Crippen LogP contribution in [0.2, 0.25) is 8.67 Å². The van der Waals surface area contributed by atoms with E-state index in [9.17, 15) is 13.2 Å². The van der Waals surface area contributed by atoms with Gasteiger partial charge in [-0.05, 0) is 29.8 Å². The molecule has 2 heterocycles. The van der Waals surface area contributed by atoms with Crippen LogP contribution in [0.25, 0.3) is 6.08 Å². The van der Waals surface area contributed by atoms with E-state index in [0.29, 0.717) is 30.3 Å². The van der Waals surface area contributed by atoms with Crippen molar-refractivity contribution in [2.45, 2.75) is 4.90 Å². The van der Waals surface area contributed by atoms with Gasteiger partial charge in [-0.1, -0.05) is 29.3 Å². The number of fused-ring (bicyclic) bond motifs is 1. The van der Waals surface area contributed by atoms with Gasteiger partial charge in [0, 0.05) is 6.08 Å². The maximum atomic E-state index is 12.1. The van der Waals surface area contributed by atoms with E-state index in [-0.39, 0.29) is 13.6 Å². The Morgan fingerprint density at radius 3 is 2.56 bits per heavy atom. The number of carbonyl (C=O) groups excluding carboxylic acids is 1. The molecule has 3 rings (SSSR count). The van der Waals surface area contributed by atoms with Gasteiger partial charge < -0.3 is 9.47 Å². The van der Waals surface area contributed by atoms with E-state index in [1.807, 2.05) is 4.72 Å². The summed E-state index contributed by atoms with van der Waals surface area (Å²) in [7, 11) is -4.09. The van der Waals surface area contributed by atoms with Crippen molar-refractivity contribution in [1.29, 1.82) is 0 Å². The molecule has 0 atom stereocenters. The van der Waals surface area contributed by atoms with Crippen LogP contribution in [0.3, 0.4) is 0 Å². The minimum Gasteiger partial charge on any atom is -0.486 e. The molecule has 0 aliphatic carbocycles. The first-order valence-corrected chi connectivity index (χ1v) is 10.00. The summed E-state index contributed by atoms with van der Waals surface area (Å²) in [5, 5.41) is 0. The highest BCUT2D eigenvalue weighted by Crippen LogP contribution is 2.34. The SMILES string of the molecule is O=C(/C=C/c1ccc2c(c1)OCCO2)NS(=O)(=O)c1cc(Cl)sc1Cl. The minimum atomic E-state index is -4.09. The molecule has 1 N–H and O–H groups in total. The van der Waals surface area contributed by atoms with Crippen LogP contribution >= 0.6 is 34.5 Å². The Labute approximate surface area is 158 Å². The third-order valence-electron chi connectivity index (χ3n) is 3.14. The third kappa shape index (κ3) is 4.27. The highest BCUT2D eigenvalue weighted by atomic mass is 35.5. The zero-order valence-electron chi connectivity index (χ0n) is 12.5. The van der Waals surface area contributed by atoms with Crippen molar-refractivity contribution in [3.8, 4) is 11.5 Å². The molecule has 1 aliphatic heterocycles. The second-order valence-corrected chi connectivity index (χ2v) is 8.83. The monoisotopic (exact) mass is 419 g/mol. The molecule has 0 saturated heterocycles. The predicted molar refractivity (Wildman–Crippen MR) is 96.1 cm³/mol. The van der Waals surface area contributed by atoms with E-state index in [2.05, 4.69) is 0 Å². The predicted octanol–water partition coefficient (Wildman–Crippen LogP) is 3.34. The zero-order valence-corrected chi connectivity index (χ0v) is 15.6. The number of amides is 1. The van der Waals surface area contributed by atoms with Crippen LogP contribution in [0.5, 0.6) is 11.5 Å². The number of rotatable bonds is 4. The van der Waals surface area contributed by atoms with Crippen molar-refractivity contribution in [3.05, 3.63) is 44.6 Å². The van der Waals surface area contributed by atoms with Crippen molar-refractivity contribution >= 4 is 56.5 Å². The van der Waals surface area contributed by atoms with Gasteiger partial charge in [-0.15, -0.1) is 11.3 Å². The number of hydrogen-bond donors (Lipinski definition) is 1. The Morgan fingerprint density at radius 2 is 1.88 bits per heavy atom. The van der Waals surface area contributed by atoms with E-state index < -0.39 is 15.9 Å². The van der Waals surface area contributed by atoms with Gasteiger partial charge in [-0.3, -0.25) is 4.79 Å². The Morgan fingerprint density at radius 1 is 1.16 bits per heavy atom. The summed E-state index contributed by atoms with van der Waals surface area (Å²) in [4.78, 5) is 11.7. The molecule has 0 unspecified atom stereocenters. The van der Waals surface area contributed by atoms with Gasteiger partial charge in [-0.25, -0.2) is 13.1 Å². The maximum Gasteiger partial charge on any atom is 0.266 e. The first kappa shape index (κ1) is 18.1. The fourth-order valence-electron chi connectivity index (χ4n) is 2.07. The lowest BCUT2D eigenvalue weighted by atomic mass is 10.2. The van der Waals surface area contributed by atoms with Gasteiger partial charge in [0.2, 0.25) is 0 Å². The normalized spacial score (nSPS) is 13.8. The van der Waals surface area contributed by atoms with Crippen LogP contribution in [-0.4, -0.2) is 27.5 Å². The number of sulfonamides is 1. The second-order valence-electron chi connectivity index (χ2n) is 4.89. The lowest BCUT2D eigenvalue weighted by molar-refractivity contribution is -0.114. The van der Waals surface area contributed by atoms with Crippen molar-refractivity contribution < 1.29 is 22.7 Å². The molecule has 1 amide bonds. The molecule has 132 valence electrons. The summed E-state index contributed by atoms with van der Waals surface area (Å²) in [6, 6.07) is 6.33. The lowest BCUT2D eigenvalue weighted by Crippen LogP contribution is -2.28. The summed E-state index contributed by atoms with van der Waals surface area (Å²) in [5.74, 6) is 0.383. The van der Waals surface area contributed by atoms with E-state index >= 15 is 0 Å². The molecule has 0 spiro atoms. The van der Waals surface area contributed by atoms with Crippen molar-refractivity contribution in [2.24, 2.45) is 0 Å². The summed E-state index contributed by atoms with van der Waals surface area (Å²) in [5.41, 5.74) is 0.661. The fourth-order valence-corrected chi connectivity index (χ4v) is 5.16. The topological polar surface area (TPSA) is 81.7 Å². The molecule has 0 bridgehead atoms. The van der Waals surface area contributed by atoms with Crippen LogP contribution in [0.15, 0.2) is 35.2 Å². The number of carbonyl (C=O) groups is 1. The Bertz CT molecular complexity index is 953. The van der Waals surface area contributed by atoms with Crippen LogP contribution in [0.1, 0.15) is 5.56 Å². The Balaban J connectivity index is 1.72. The number of nitrogens with one attached hydrogen (secondary N) is 1. The quantitative estimate of drug-likeness (QED) is 0.768. The highest BCUT2D eigenvalue weighted by molar-refractivity contribution is 7.90. The molecule has 1 aromatic heterocycles. The van der Waals surface area contributed by atoms with Gasteiger partial charge in [0.15, 0.2) is 11.5 Å². The van der Waals surface area contributed by atoms with Crippen molar-refractivity contribution in [2.75, 3.05) is 13.2 Å². The van der Waals surface area contributed by atoms with Crippen LogP contribution in [0, 0.1) is 0 Å².